The Bertz CT molecular complexity index is 898. The van der Waals surface area contributed by atoms with E-state index in [0.29, 0.717) is 0 Å². The second-order valence-electron chi connectivity index (χ2n) is 6.21. The molecule has 10 heteroatoms. The summed E-state index contributed by atoms with van der Waals surface area (Å²) in [5.74, 6) is -0.400. The first-order valence-electron chi connectivity index (χ1n) is 8.39. The van der Waals surface area contributed by atoms with Crippen molar-refractivity contribution >= 4 is 11.6 Å². The summed E-state index contributed by atoms with van der Waals surface area (Å²) in [4.78, 5) is 23.5. The smallest absolute Gasteiger partial charge is 0.394 e. The molecule has 1 amide bonds. The van der Waals surface area contributed by atoms with E-state index >= 15 is 0 Å². The normalized spacial score (nSPS) is 17.3. The predicted molar refractivity (Wildman–Crippen MR) is 92.3 cm³/mol. The maximum atomic E-state index is 13.2. The van der Waals surface area contributed by atoms with Crippen LogP contribution in [0.1, 0.15) is 21.6 Å². The van der Waals surface area contributed by atoms with Crippen molar-refractivity contribution in [3.05, 3.63) is 53.6 Å². The molecule has 1 aliphatic heterocycles. The molecule has 1 fully saturated rings. The number of benzene rings is 1. The second-order valence-corrected chi connectivity index (χ2v) is 6.21. The first-order chi connectivity index (χ1) is 13.3. The van der Waals surface area contributed by atoms with E-state index < -0.39 is 29.3 Å². The molecule has 0 saturated carbocycles. The Morgan fingerprint density at radius 2 is 2.11 bits per heavy atom. The van der Waals surface area contributed by atoms with Crippen LogP contribution in [0.3, 0.4) is 0 Å². The van der Waals surface area contributed by atoms with E-state index in [2.05, 4.69) is 9.97 Å². The number of aliphatic hydroxyl groups is 1. The summed E-state index contributed by atoms with van der Waals surface area (Å²) in [6, 6.07) is 4.42. The Balaban J connectivity index is 1.82. The highest BCUT2D eigenvalue weighted by molar-refractivity contribution is 5.92. The van der Waals surface area contributed by atoms with Gasteiger partial charge in [-0.05, 0) is 18.2 Å². The lowest BCUT2D eigenvalue weighted by atomic mass is 10.0. The number of rotatable bonds is 3. The first kappa shape index (κ1) is 19.6. The molecule has 2 aromatic rings. The third-order valence-corrected chi connectivity index (χ3v) is 4.53. The summed E-state index contributed by atoms with van der Waals surface area (Å²) in [5.41, 5.74) is -1.05. The Kier molecular flexibility index (Phi) is 5.46. The molecular weight excluding hydrogens is 375 g/mol. The van der Waals surface area contributed by atoms with Gasteiger partial charge in [0.2, 0.25) is 0 Å². The maximum Gasteiger partial charge on any atom is 0.417 e. The molecule has 7 nitrogen and oxygen atoms in total. The molecule has 0 spiro atoms. The lowest BCUT2D eigenvalue weighted by Gasteiger charge is -2.41. The third-order valence-electron chi connectivity index (χ3n) is 4.53. The number of nitriles is 1. The number of halogens is 3. The molecule has 0 aliphatic carbocycles. The van der Waals surface area contributed by atoms with Crippen LogP contribution in [0.25, 0.3) is 0 Å². The summed E-state index contributed by atoms with van der Waals surface area (Å²) >= 11 is 0. The summed E-state index contributed by atoms with van der Waals surface area (Å²) < 4.78 is 39.6. The van der Waals surface area contributed by atoms with Crippen molar-refractivity contribution in [3.8, 4) is 6.07 Å². The predicted octanol–water partition coefficient (Wildman–Crippen LogP) is 1.69. The highest BCUT2D eigenvalue weighted by Gasteiger charge is 2.36. The average molecular weight is 391 g/mol. The molecule has 3 rings (SSSR count). The zero-order valence-corrected chi connectivity index (χ0v) is 14.6. The lowest BCUT2D eigenvalue weighted by molar-refractivity contribution is -0.137. The highest BCUT2D eigenvalue weighted by Crippen LogP contribution is 2.35. The van der Waals surface area contributed by atoms with Crippen molar-refractivity contribution in [1.29, 1.82) is 5.26 Å². The minimum atomic E-state index is -4.65. The van der Waals surface area contributed by atoms with E-state index in [1.165, 1.54) is 29.6 Å². The number of alkyl halides is 3. The Morgan fingerprint density at radius 3 is 2.71 bits per heavy atom. The van der Waals surface area contributed by atoms with E-state index in [1.807, 2.05) is 0 Å². The van der Waals surface area contributed by atoms with Gasteiger partial charge in [0.15, 0.2) is 0 Å². The monoisotopic (exact) mass is 391 g/mol. The zero-order valence-electron chi connectivity index (χ0n) is 14.6. The van der Waals surface area contributed by atoms with Crippen LogP contribution < -0.4 is 4.90 Å². The van der Waals surface area contributed by atoms with Gasteiger partial charge < -0.3 is 14.9 Å². The molecule has 1 saturated heterocycles. The van der Waals surface area contributed by atoms with E-state index in [-0.39, 0.29) is 37.6 Å². The molecule has 0 radical (unpaired) electrons. The zero-order chi connectivity index (χ0) is 20.3. The van der Waals surface area contributed by atoms with Crippen molar-refractivity contribution in [2.24, 2.45) is 0 Å². The number of carbonyl (C=O) groups is 1. The fourth-order valence-electron chi connectivity index (χ4n) is 3.13. The standard InChI is InChI=1S/C18H16F3N5O2/c19-18(20,21)15-7-13(2-1-12(15)8-22)25-5-6-26(14(10-25)11-27)17(28)16-9-23-3-4-24-16/h1-4,7,9,14,27H,5-6,10-11H2. The molecule has 1 unspecified atom stereocenters. The highest BCUT2D eigenvalue weighted by atomic mass is 19.4. The third kappa shape index (κ3) is 3.89. The van der Waals surface area contributed by atoms with Gasteiger partial charge in [0.1, 0.15) is 5.69 Å². The van der Waals surface area contributed by atoms with Gasteiger partial charge in [-0.1, -0.05) is 0 Å². The summed E-state index contributed by atoms with van der Waals surface area (Å²) in [5, 5.41) is 18.6. The molecule has 1 N–H and O–H groups in total. The molecule has 1 aromatic carbocycles. The number of aliphatic hydroxyl groups excluding tert-OH is 1. The van der Waals surface area contributed by atoms with Crippen LogP contribution in [0, 0.1) is 11.3 Å². The average Bonchev–Trinajstić information content (AvgIpc) is 2.72. The SMILES string of the molecule is N#Cc1ccc(N2CCN(C(=O)c3cnccn3)C(CO)C2)cc1C(F)(F)F. The van der Waals surface area contributed by atoms with Gasteiger partial charge in [0.25, 0.3) is 5.91 Å². The Labute approximate surface area is 158 Å². The lowest BCUT2D eigenvalue weighted by Crippen LogP contribution is -2.57. The molecule has 0 bridgehead atoms. The molecule has 1 aliphatic rings. The van der Waals surface area contributed by atoms with Crippen LogP contribution in [0.15, 0.2) is 36.8 Å². The number of aromatic nitrogens is 2. The fourth-order valence-corrected chi connectivity index (χ4v) is 3.13. The van der Waals surface area contributed by atoms with Crippen LogP contribution in [0.5, 0.6) is 0 Å². The van der Waals surface area contributed by atoms with Crippen molar-refractivity contribution in [1.82, 2.24) is 14.9 Å². The van der Waals surface area contributed by atoms with Crippen molar-refractivity contribution in [3.63, 3.8) is 0 Å². The minimum absolute atomic E-state index is 0.132. The van der Waals surface area contributed by atoms with Crippen molar-refractivity contribution in [2.75, 3.05) is 31.1 Å². The topological polar surface area (TPSA) is 93.4 Å². The van der Waals surface area contributed by atoms with Gasteiger partial charge >= 0.3 is 6.18 Å². The van der Waals surface area contributed by atoms with Crippen molar-refractivity contribution < 1.29 is 23.1 Å². The van der Waals surface area contributed by atoms with Crippen molar-refractivity contribution in [2.45, 2.75) is 12.2 Å². The fraction of sp³-hybridized carbons (Fsp3) is 0.333. The van der Waals surface area contributed by atoms with E-state index in [9.17, 15) is 23.1 Å². The second kappa shape index (κ2) is 7.82. The number of hydrogen-bond acceptors (Lipinski definition) is 6. The number of hydrogen-bond donors (Lipinski definition) is 1. The molecular formula is C18H16F3N5O2. The van der Waals surface area contributed by atoms with E-state index in [0.717, 1.165) is 12.1 Å². The Morgan fingerprint density at radius 1 is 1.32 bits per heavy atom. The quantitative estimate of drug-likeness (QED) is 0.856. The molecule has 146 valence electrons. The molecule has 1 aromatic heterocycles. The number of anilines is 1. The van der Waals surface area contributed by atoms with Gasteiger partial charge in [-0.15, -0.1) is 0 Å². The minimum Gasteiger partial charge on any atom is -0.394 e. The summed E-state index contributed by atoms with van der Waals surface area (Å²) in [7, 11) is 0. The number of carbonyl (C=O) groups excluding carboxylic acids is 1. The molecule has 2 heterocycles. The van der Waals surface area contributed by atoms with Crippen LogP contribution in [0.2, 0.25) is 0 Å². The van der Waals surface area contributed by atoms with E-state index in [1.54, 1.807) is 11.0 Å². The first-order valence-corrected chi connectivity index (χ1v) is 8.39. The number of nitrogens with zero attached hydrogens (tertiary/aromatic N) is 5. The van der Waals surface area contributed by atoms with Crippen LogP contribution in [-0.4, -0.2) is 58.2 Å². The number of piperazine rings is 1. The Hall–Kier alpha value is -3.19. The maximum absolute atomic E-state index is 13.2. The van der Waals surface area contributed by atoms with Crippen LogP contribution in [-0.2, 0) is 6.18 Å². The number of amides is 1. The van der Waals surface area contributed by atoms with Crippen LogP contribution in [0.4, 0.5) is 18.9 Å². The van der Waals surface area contributed by atoms with Gasteiger partial charge in [-0.25, -0.2) is 4.98 Å². The molecule has 1 atom stereocenters. The van der Waals surface area contributed by atoms with Gasteiger partial charge in [0, 0.05) is 37.7 Å². The van der Waals surface area contributed by atoms with E-state index in [4.69, 9.17) is 5.26 Å². The van der Waals surface area contributed by atoms with Gasteiger partial charge in [-0.2, -0.15) is 18.4 Å². The molecule has 28 heavy (non-hydrogen) atoms. The summed E-state index contributed by atoms with van der Waals surface area (Å²) in [6.07, 6.45) is -0.519. The van der Waals surface area contributed by atoms with Gasteiger partial charge in [-0.3, -0.25) is 9.78 Å². The largest absolute Gasteiger partial charge is 0.417 e. The van der Waals surface area contributed by atoms with Crippen LogP contribution >= 0.6 is 0 Å². The van der Waals surface area contributed by atoms with Gasteiger partial charge in [0.05, 0.1) is 36.0 Å². The summed E-state index contributed by atoms with van der Waals surface area (Å²) in [6.45, 7) is 0.254.